The minimum atomic E-state index is -0.951. The molecule has 3 fully saturated rings. The molecular weight excluding hydrogens is 865 g/mol. The molecule has 2 saturated heterocycles. The number of carbonyl (C=O) groups is 4. The number of cyclic esters (lactones) is 1. The van der Waals surface area contributed by atoms with Gasteiger partial charge in [0.15, 0.2) is 0 Å². The first-order valence-electron chi connectivity index (χ1n) is 24.2. The van der Waals surface area contributed by atoms with E-state index in [1.54, 1.807) is 20.2 Å². The number of ether oxygens (including phenoxy) is 2. The van der Waals surface area contributed by atoms with Crippen molar-refractivity contribution in [1.82, 2.24) is 40.1 Å². The van der Waals surface area contributed by atoms with Crippen LogP contribution in [0.1, 0.15) is 102 Å². The smallest absolute Gasteiger partial charge is 0.324 e. The number of aryl methyl sites for hydroxylation is 1. The number of amides is 3. The third-order valence-corrected chi connectivity index (χ3v) is 15.4. The standard InChI is InChI=1S/C52H68N8O6S/c1-9-15-45(61)58-27-32(3)36(29-58)28-57(7)47(34-16-11-12-17-34)49(62)55-41-25-44-54-42(30-67-44)35-20-21-43-38(24-35)39(48(59(43)10-2)37-18-13-22-53-46(37)33(4)65-8)26-52(5,6)31-66-51(64)40-19-14-23-60(56-40)50(41)63/h13,18,20-22,24,30,32-34,36,40-41,47,56H,10-12,14,16-17,19,23,25-29,31H2,1-8H3,(H,55,62)/t32-,33-,36?,40-,41-,47-/m0/s1. The van der Waals surface area contributed by atoms with Crippen LogP contribution in [0.5, 0.6) is 0 Å². The summed E-state index contributed by atoms with van der Waals surface area (Å²) in [6.07, 6.45) is 7.39. The molecule has 1 unspecified atom stereocenters. The molecule has 3 aromatic heterocycles. The number of hydrogen-bond donors (Lipinski definition) is 2. The zero-order valence-electron chi connectivity index (χ0n) is 40.5. The molecule has 6 bridgehead atoms. The van der Waals surface area contributed by atoms with Crippen molar-refractivity contribution in [3.8, 4) is 34.4 Å². The fourth-order valence-electron chi connectivity index (χ4n) is 11.0. The first kappa shape index (κ1) is 48.3. The van der Waals surface area contributed by atoms with E-state index in [-0.39, 0.29) is 54.6 Å². The van der Waals surface area contributed by atoms with Crippen molar-refractivity contribution in [2.45, 2.75) is 124 Å². The summed E-state index contributed by atoms with van der Waals surface area (Å²) in [5.41, 5.74) is 9.59. The fourth-order valence-corrected chi connectivity index (χ4v) is 11.8. The summed E-state index contributed by atoms with van der Waals surface area (Å²) in [4.78, 5) is 70.3. The van der Waals surface area contributed by atoms with Gasteiger partial charge in [0, 0.05) is 85.3 Å². The molecule has 358 valence electrons. The third kappa shape index (κ3) is 10.3. The lowest BCUT2D eigenvalue weighted by molar-refractivity contribution is -0.155. The predicted molar refractivity (Wildman–Crippen MR) is 260 cm³/mol. The maximum absolute atomic E-state index is 14.9. The summed E-state index contributed by atoms with van der Waals surface area (Å²) in [7, 11) is 3.70. The molecule has 3 amide bonds. The predicted octanol–water partition coefficient (Wildman–Crippen LogP) is 6.81. The largest absolute Gasteiger partial charge is 0.464 e. The van der Waals surface area contributed by atoms with E-state index < -0.39 is 29.5 Å². The number of likely N-dealkylation sites (N-methyl/N-ethyl adjacent to an activating group) is 1. The molecule has 15 heteroatoms. The Balaban J connectivity index is 1.15. The Kier molecular flexibility index (Phi) is 14.9. The monoisotopic (exact) mass is 932 g/mol. The van der Waals surface area contributed by atoms with E-state index in [0.29, 0.717) is 52.0 Å². The van der Waals surface area contributed by atoms with Gasteiger partial charge in [-0.3, -0.25) is 34.1 Å². The number of hydrazine groups is 1. The van der Waals surface area contributed by atoms with Crippen molar-refractivity contribution in [3.05, 3.63) is 58.2 Å². The molecule has 1 aliphatic carbocycles. The fraction of sp³-hybridized carbons (Fsp3) is 0.577. The normalized spacial score (nSPS) is 23.4. The van der Waals surface area contributed by atoms with Gasteiger partial charge in [0.25, 0.3) is 11.8 Å². The zero-order valence-corrected chi connectivity index (χ0v) is 41.3. The summed E-state index contributed by atoms with van der Waals surface area (Å²) in [5.74, 6) is 4.88. The van der Waals surface area contributed by atoms with Crippen LogP contribution in [-0.2, 0) is 48.0 Å². The number of nitrogens with zero attached hydrogens (tertiary/aromatic N) is 6. The second-order valence-electron chi connectivity index (χ2n) is 20.0. The average molecular weight is 933 g/mol. The summed E-state index contributed by atoms with van der Waals surface area (Å²) < 4.78 is 14.3. The molecule has 0 spiro atoms. The van der Waals surface area contributed by atoms with Crippen LogP contribution < -0.4 is 10.7 Å². The Morgan fingerprint density at radius 1 is 1.13 bits per heavy atom. The topological polar surface area (TPSA) is 151 Å². The van der Waals surface area contributed by atoms with Crippen LogP contribution in [0.2, 0.25) is 0 Å². The molecule has 6 heterocycles. The molecule has 4 aromatic rings. The molecule has 67 heavy (non-hydrogen) atoms. The minimum Gasteiger partial charge on any atom is -0.464 e. The number of rotatable bonds is 10. The first-order valence-corrected chi connectivity index (χ1v) is 25.1. The third-order valence-electron chi connectivity index (χ3n) is 14.6. The molecular formula is C52H68N8O6S. The lowest BCUT2D eigenvalue weighted by atomic mass is 9.84. The molecule has 14 nitrogen and oxygen atoms in total. The lowest BCUT2D eigenvalue weighted by Crippen LogP contribution is -2.62. The highest BCUT2D eigenvalue weighted by Crippen LogP contribution is 2.42. The van der Waals surface area contributed by atoms with Crippen molar-refractivity contribution in [2.75, 3.05) is 46.9 Å². The SMILES string of the molecule is CC#CC(=O)N1CC(CN(C)[C@H](C(=O)N[C@H]2Cc3nc(cs3)-c3ccc4c(c3)c(c(-c3cccnc3[C@H](C)OC)n4CC)CC(C)(C)COC(=O)[C@@H]3CCCN(N3)C2=O)C2CCCC2)[C@@H](C)C1. The summed E-state index contributed by atoms with van der Waals surface area (Å²) >= 11 is 1.48. The number of benzene rings is 1. The van der Waals surface area contributed by atoms with Crippen molar-refractivity contribution < 1.29 is 28.7 Å². The Morgan fingerprint density at radius 3 is 2.67 bits per heavy atom. The van der Waals surface area contributed by atoms with E-state index in [4.69, 9.17) is 19.4 Å². The van der Waals surface area contributed by atoms with E-state index in [1.807, 2.05) is 30.3 Å². The molecule has 6 atom stereocenters. The van der Waals surface area contributed by atoms with Crippen LogP contribution >= 0.6 is 11.3 Å². The van der Waals surface area contributed by atoms with Crippen LogP contribution in [-0.4, -0.2) is 118 Å². The maximum Gasteiger partial charge on any atom is 0.324 e. The first-order chi connectivity index (χ1) is 32.2. The second-order valence-corrected chi connectivity index (χ2v) is 21.0. The van der Waals surface area contributed by atoms with Gasteiger partial charge in [-0.05, 0) is 113 Å². The van der Waals surface area contributed by atoms with Crippen LogP contribution in [0, 0.1) is 35.0 Å². The van der Waals surface area contributed by atoms with Crippen LogP contribution in [0.4, 0.5) is 0 Å². The van der Waals surface area contributed by atoms with Gasteiger partial charge >= 0.3 is 5.97 Å². The summed E-state index contributed by atoms with van der Waals surface area (Å²) in [6.45, 7) is 15.4. The van der Waals surface area contributed by atoms with E-state index in [9.17, 15) is 19.2 Å². The van der Waals surface area contributed by atoms with Gasteiger partial charge in [-0.15, -0.1) is 11.3 Å². The van der Waals surface area contributed by atoms with Crippen molar-refractivity contribution in [3.63, 3.8) is 0 Å². The molecule has 8 rings (SSSR count). The van der Waals surface area contributed by atoms with E-state index in [1.165, 1.54) is 16.3 Å². The summed E-state index contributed by atoms with van der Waals surface area (Å²) in [5, 5.41) is 8.60. The van der Waals surface area contributed by atoms with E-state index in [2.05, 4.69) is 84.0 Å². The maximum atomic E-state index is 14.9. The van der Waals surface area contributed by atoms with Gasteiger partial charge < -0.3 is 24.3 Å². The number of fused-ring (bicyclic) bond motifs is 6. The number of pyridine rings is 1. The second kappa shape index (κ2) is 20.6. The highest BCUT2D eigenvalue weighted by molar-refractivity contribution is 7.10. The number of methoxy groups -OCH3 is 1. The summed E-state index contributed by atoms with van der Waals surface area (Å²) in [6, 6.07) is 8.41. The Morgan fingerprint density at radius 2 is 1.93 bits per heavy atom. The van der Waals surface area contributed by atoms with Crippen molar-refractivity contribution >= 4 is 45.9 Å². The Labute approximate surface area is 399 Å². The Hall–Kier alpha value is -5.14. The van der Waals surface area contributed by atoms with Gasteiger partial charge in [-0.1, -0.05) is 45.6 Å². The number of likely N-dealkylation sites (tertiary alicyclic amines) is 1. The molecule has 2 N–H and O–H groups in total. The number of hydrogen-bond acceptors (Lipinski definition) is 11. The molecule has 3 aliphatic heterocycles. The molecule has 1 saturated carbocycles. The molecule has 4 aliphatic rings. The van der Waals surface area contributed by atoms with Gasteiger partial charge in [0.05, 0.1) is 40.8 Å². The van der Waals surface area contributed by atoms with Crippen LogP contribution in [0.25, 0.3) is 33.4 Å². The van der Waals surface area contributed by atoms with Gasteiger partial charge in [-0.25, -0.2) is 10.4 Å². The van der Waals surface area contributed by atoms with Crippen molar-refractivity contribution in [2.24, 2.45) is 23.2 Å². The van der Waals surface area contributed by atoms with Crippen LogP contribution in [0.3, 0.4) is 0 Å². The number of thiazole rings is 1. The minimum absolute atomic E-state index is 0.124. The average Bonchev–Trinajstić information content (AvgIpc) is 4.15. The number of aromatic nitrogens is 3. The van der Waals surface area contributed by atoms with Gasteiger partial charge in [0.1, 0.15) is 12.1 Å². The van der Waals surface area contributed by atoms with E-state index in [0.717, 1.165) is 75.4 Å². The highest BCUT2D eigenvalue weighted by Gasteiger charge is 2.41. The Bertz CT molecular complexity index is 2530. The highest BCUT2D eigenvalue weighted by atomic mass is 32.1. The number of esters is 1. The van der Waals surface area contributed by atoms with Gasteiger partial charge in [-0.2, -0.15) is 0 Å². The quantitative estimate of drug-likeness (QED) is 0.128. The van der Waals surface area contributed by atoms with Gasteiger partial charge in [0.2, 0.25) is 5.91 Å². The lowest BCUT2D eigenvalue weighted by Gasteiger charge is -2.37. The van der Waals surface area contributed by atoms with E-state index >= 15 is 0 Å². The number of carbonyl (C=O) groups excluding carboxylic acids is 4. The van der Waals surface area contributed by atoms with Crippen LogP contribution in [0.15, 0.2) is 41.9 Å². The molecule has 1 aromatic carbocycles. The number of nitrogens with one attached hydrogen (secondary N) is 2. The molecule has 0 radical (unpaired) electrons. The zero-order chi connectivity index (χ0) is 47.6. The van der Waals surface area contributed by atoms with Crippen molar-refractivity contribution in [1.29, 1.82) is 0 Å².